The monoisotopic (exact) mass is 654 g/mol. The van der Waals surface area contributed by atoms with Crippen molar-refractivity contribution in [2.24, 2.45) is 0 Å². The van der Waals surface area contributed by atoms with Crippen molar-refractivity contribution in [2.45, 2.75) is 15.2 Å². The number of rotatable bonds is 3. The van der Waals surface area contributed by atoms with Gasteiger partial charge >= 0.3 is 0 Å². The molecule has 7 aromatic carbocycles. The average molecular weight is 655 g/mol. The van der Waals surface area contributed by atoms with E-state index in [4.69, 9.17) is 15.0 Å². The van der Waals surface area contributed by atoms with E-state index in [9.17, 15) is 5.26 Å². The third-order valence-corrected chi connectivity index (χ3v) is 11.2. The van der Waals surface area contributed by atoms with Gasteiger partial charge in [0.2, 0.25) is 0 Å². The Balaban J connectivity index is 1.31. The number of nitrogens with zero attached hydrogens (tertiary/aromatic N) is 4. The fourth-order valence-electron chi connectivity index (χ4n) is 7.92. The van der Waals surface area contributed by atoms with Crippen LogP contribution in [0.1, 0.15) is 27.8 Å². The fraction of sp³-hybridized carbons (Fsp3) is 0.0222. The number of aromatic nitrogens is 3. The average Bonchev–Trinajstić information content (AvgIpc) is 3.48. The molecule has 0 amide bonds. The van der Waals surface area contributed by atoms with E-state index in [-0.39, 0.29) is 0 Å². The lowest BCUT2D eigenvalue weighted by Gasteiger charge is -2.39. The van der Waals surface area contributed by atoms with E-state index in [0.29, 0.717) is 23.0 Å². The highest BCUT2D eigenvalue weighted by Gasteiger charge is 2.51. The second-order valence-corrected chi connectivity index (χ2v) is 13.7. The van der Waals surface area contributed by atoms with Gasteiger partial charge in [-0.15, -0.1) is 0 Å². The SMILES string of the molecule is N#Cc1cc2c(c3ccccc13)-c1ccc(-c3nc(-c4ccccc4)nc(-c4ccccc4)n3)cc1C21c2ccccc2Sc2ccccc21. The molecule has 0 radical (unpaired) electrons. The highest BCUT2D eigenvalue weighted by atomic mass is 32.2. The summed E-state index contributed by atoms with van der Waals surface area (Å²) in [5.41, 5.74) is 9.83. The normalized spacial score (nSPS) is 13.3. The first-order chi connectivity index (χ1) is 24.7. The van der Waals surface area contributed by atoms with Gasteiger partial charge in [-0.2, -0.15) is 5.26 Å². The summed E-state index contributed by atoms with van der Waals surface area (Å²) in [7, 11) is 0. The van der Waals surface area contributed by atoms with E-state index in [0.717, 1.165) is 44.2 Å². The van der Waals surface area contributed by atoms with Gasteiger partial charge in [0.15, 0.2) is 17.5 Å². The van der Waals surface area contributed by atoms with Gasteiger partial charge < -0.3 is 0 Å². The molecule has 10 rings (SSSR count). The summed E-state index contributed by atoms with van der Waals surface area (Å²) in [5, 5.41) is 12.6. The Morgan fingerprint density at radius 1 is 0.460 bits per heavy atom. The molecule has 0 N–H and O–H groups in total. The Morgan fingerprint density at radius 3 is 1.58 bits per heavy atom. The zero-order chi connectivity index (χ0) is 33.2. The Labute approximate surface area is 293 Å². The van der Waals surface area contributed by atoms with Crippen LogP contribution in [0.4, 0.5) is 0 Å². The van der Waals surface area contributed by atoms with Crippen molar-refractivity contribution in [1.29, 1.82) is 5.26 Å². The van der Waals surface area contributed by atoms with Crippen LogP contribution in [0.3, 0.4) is 0 Å². The van der Waals surface area contributed by atoms with Crippen LogP contribution in [-0.4, -0.2) is 15.0 Å². The number of benzene rings is 7. The third kappa shape index (κ3) is 4.09. The lowest BCUT2D eigenvalue weighted by molar-refractivity contribution is 0.722. The van der Waals surface area contributed by atoms with Crippen LogP contribution in [0, 0.1) is 11.3 Å². The first kappa shape index (κ1) is 28.6. The van der Waals surface area contributed by atoms with Gasteiger partial charge in [-0.3, -0.25) is 0 Å². The molecule has 0 fully saturated rings. The molecule has 0 atom stereocenters. The molecule has 0 saturated carbocycles. The van der Waals surface area contributed by atoms with Crippen LogP contribution in [0.25, 0.3) is 56.1 Å². The summed E-state index contributed by atoms with van der Waals surface area (Å²) in [6, 6.07) is 57.3. The minimum Gasteiger partial charge on any atom is -0.208 e. The van der Waals surface area contributed by atoms with Gasteiger partial charge in [0.25, 0.3) is 0 Å². The predicted octanol–water partition coefficient (Wildman–Crippen LogP) is 10.7. The second-order valence-electron chi connectivity index (χ2n) is 12.6. The summed E-state index contributed by atoms with van der Waals surface area (Å²) in [6.45, 7) is 0. The first-order valence-electron chi connectivity index (χ1n) is 16.6. The van der Waals surface area contributed by atoms with Crippen molar-refractivity contribution < 1.29 is 0 Å². The van der Waals surface area contributed by atoms with Crippen LogP contribution >= 0.6 is 11.8 Å². The maximum Gasteiger partial charge on any atom is 0.164 e. The molecule has 1 aliphatic carbocycles. The summed E-state index contributed by atoms with van der Waals surface area (Å²) < 4.78 is 0. The summed E-state index contributed by atoms with van der Waals surface area (Å²) in [5.74, 6) is 1.87. The van der Waals surface area contributed by atoms with Crippen LogP contribution < -0.4 is 0 Å². The van der Waals surface area contributed by atoms with Crippen LogP contribution in [0.5, 0.6) is 0 Å². The van der Waals surface area contributed by atoms with E-state index in [1.807, 2.05) is 78.5 Å². The topological polar surface area (TPSA) is 62.5 Å². The van der Waals surface area contributed by atoms with Crippen molar-refractivity contribution in [2.75, 3.05) is 0 Å². The molecule has 0 unspecified atom stereocenters. The quantitative estimate of drug-likeness (QED) is 0.190. The molecule has 2 heterocycles. The molecule has 50 heavy (non-hydrogen) atoms. The van der Waals surface area contributed by atoms with E-state index in [1.165, 1.54) is 26.5 Å². The summed E-state index contributed by atoms with van der Waals surface area (Å²) >= 11 is 1.81. The van der Waals surface area contributed by atoms with Crippen molar-refractivity contribution in [3.05, 3.63) is 186 Å². The van der Waals surface area contributed by atoms with Crippen LogP contribution in [0.15, 0.2) is 168 Å². The molecule has 5 heteroatoms. The summed E-state index contributed by atoms with van der Waals surface area (Å²) in [4.78, 5) is 17.6. The minimum absolute atomic E-state index is 0.612. The Hall–Kier alpha value is -6.35. The molecule has 1 spiro atoms. The predicted molar refractivity (Wildman–Crippen MR) is 200 cm³/mol. The molecule has 8 aromatic rings. The smallest absolute Gasteiger partial charge is 0.164 e. The lowest BCUT2D eigenvalue weighted by Crippen LogP contribution is -2.32. The third-order valence-electron chi connectivity index (χ3n) is 10.0. The zero-order valence-electron chi connectivity index (χ0n) is 26.7. The van der Waals surface area contributed by atoms with Crippen molar-refractivity contribution >= 4 is 22.5 Å². The Bertz CT molecular complexity index is 2590. The molecule has 0 bridgehead atoms. The van der Waals surface area contributed by atoms with Gasteiger partial charge in [-0.1, -0.05) is 145 Å². The van der Waals surface area contributed by atoms with Gasteiger partial charge in [0, 0.05) is 31.9 Å². The lowest BCUT2D eigenvalue weighted by atomic mass is 9.67. The van der Waals surface area contributed by atoms with E-state index in [1.54, 1.807) is 0 Å². The van der Waals surface area contributed by atoms with Crippen LogP contribution in [0.2, 0.25) is 0 Å². The molecule has 1 aromatic heterocycles. The molecule has 4 nitrogen and oxygen atoms in total. The fourth-order valence-corrected chi connectivity index (χ4v) is 9.12. The Morgan fingerprint density at radius 2 is 0.980 bits per heavy atom. The molecule has 1 aliphatic heterocycles. The molecule has 0 saturated heterocycles. The van der Waals surface area contributed by atoms with Crippen molar-refractivity contribution in [3.63, 3.8) is 0 Å². The number of hydrogen-bond acceptors (Lipinski definition) is 5. The van der Waals surface area contributed by atoms with Gasteiger partial charge in [0.05, 0.1) is 17.0 Å². The Kier molecular flexibility index (Phi) is 6.36. The molecular weight excluding hydrogens is 629 g/mol. The van der Waals surface area contributed by atoms with Gasteiger partial charge in [0.1, 0.15) is 0 Å². The standard InChI is InChI=1S/C45H26N4S/c46-27-31-26-38-41(33-18-8-7-17-32(31)33)34-24-23-30(25-37(34)45(38)35-19-9-11-21-39(35)50-40-22-12-10-20-36(40)45)44-48-42(28-13-3-1-4-14-28)47-43(49-44)29-15-5-2-6-16-29/h1-26H. The molecule has 232 valence electrons. The highest BCUT2D eigenvalue weighted by Crippen LogP contribution is 2.63. The van der Waals surface area contributed by atoms with E-state index >= 15 is 0 Å². The van der Waals surface area contributed by atoms with E-state index < -0.39 is 5.41 Å². The molecular formula is C45H26N4S. The number of nitriles is 1. The zero-order valence-corrected chi connectivity index (χ0v) is 27.5. The minimum atomic E-state index is -0.660. The molecule has 2 aliphatic rings. The number of hydrogen-bond donors (Lipinski definition) is 0. The largest absolute Gasteiger partial charge is 0.208 e. The maximum absolute atomic E-state index is 10.5. The number of fused-ring (bicyclic) bond motifs is 11. The van der Waals surface area contributed by atoms with E-state index in [2.05, 4.69) is 97.1 Å². The van der Waals surface area contributed by atoms with Crippen LogP contribution in [-0.2, 0) is 5.41 Å². The van der Waals surface area contributed by atoms with Crippen molar-refractivity contribution in [1.82, 2.24) is 15.0 Å². The van der Waals surface area contributed by atoms with Crippen molar-refractivity contribution in [3.8, 4) is 51.4 Å². The summed E-state index contributed by atoms with van der Waals surface area (Å²) in [6.07, 6.45) is 0. The van der Waals surface area contributed by atoms with Gasteiger partial charge in [-0.25, -0.2) is 15.0 Å². The highest BCUT2D eigenvalue weighted by molar-refractivity contribution is 7.99. The maximum atomic E-state index is 10.5. The first-order valence-corrected chi connectivity index (χ1v) is 17.4. The second kappa shape index (κ2) is 11.1. The van der Waals surface area contributed by atoms with Gasteiger partial charge in [-0.05, 0) is 63.0 Å².